The molecule has 88 valence electrons. The third kappa shape index (κ3) is 2.24. The van der Waals surface area contributed by atoms with Crippen molar-refractivity contribution >= 4 is 21.7 Å². The lowest BCUT2D eigenvalue weighted by Gasteiger charge is -2.05. The van der Waals surface area contributed by atoms with Gasteiger partial charge in [0, 0.05) is 25.0 Å². The van der Waals surface area contributed by atoms with Crippen LogP contribution in [-0.4, -0.2) is 22.4 Å². The number of hydrogen-bond acceptors (Lipinski definition) is 3. The summed E-state index contributed by atoms with van der Waals surface area (Å²) in [6, 6.07) is 5.21. The Morgan fingerprint density at radius 2 is 2.24 bits per heavy atom. The van der Waals surface area contributed by atoms with Crippen LogP contribution in [-0.2, 0) is 7.05 Å². The molecule has 2 aromatic rings. The lowest BCUT2D eigenvalue weighted by molar-refractivity contribution is 0.102. The first-order chi connectivity index (χ1) is 8.13. The zero-order chi connectivity index (χ0) is 12.4. The first-order valence-electron chi connectivity index (χ1n) is 4.99. The number of nitrogens with zero attached hydrogens (tertiary/aromatic N) is 2. The summed E-state index contributed by atoms with van der Waals surface area (Å²) in [6.45, 7) is 0. The maximum absolute atomic E-state index is 12.1. The molecule has 1 aromatic heterocycles. The minimum atomic E-state index is -0.110. The van der Waals surface area contributed by atoms with Crippen LogP contribution in [0.4, 0.5) is 0 Å². The number of aryl methyl sites for hydroxylation is 1. The molecular weight excluding hydrogens is 284 g/mol. The summed E-state index contributed by atoms with van der Waals surface area (Å²) in [7, 11) is 3.37. The number of aromatic nitrogens is 2. The fourth-order valence-corrected chi connectivity index (χ4v) is 2.06. The van der Waals surface area contributed by atoms with Gasteiger partial charge in [0.05, 0.1) is 11.6 Å². The maximum Gasteiger partial charge on any atom is 0.228 e. The Labute approximate surface area is 107 Å². The van der Waals surface area contributed by atoms with E-state index >= 15 is 0 Å². The summed E-state index contributed by atoms with van der Waals surface area (Å²) >= 11 is 3.35. The molecule has 0 saturated carbocycles. The summed E-state index contributed by atoms with van der Waals surface area (Å²) < 4.78 is 7.56. The molecule has 0 N–H and O–H groups in total. The molecule has 0 atom stereocenters. The molecule has 0 fully saturated rings. The molecule has 2 rings (SSSR count). The van der Waals surface area contributed by atoms with Gasteiger partial charge in [-0.05, 0) is 34.1 Å². The van der Waals surface area contributed by atoms with E-state index < -0.39 is 0 Å². The summed E-state index contributed by atoms with van der Waals surface area (Å²) in [5.41, 5.74) is 0.576. The Bertz CT molecular complexity index is 563. The van der Waals surface area contributed by atoms with Gasteiger partial charge in [0.1, 0.15) is 5.75 Å². The molecule has 0 amide bonds. The zero-order valence-electron chi connectivity index (χ0n) is 9.48. The Kier molecular flexibility index (Phi) is 3.28. The normalized spacial score (nSPS) is 10.3. The number of halogens is 1. The average molecular weight is 295 g/mol. The predicted molar refractivity (Wildman–Crippen MR) is 67.3 cm³/mol. The van der Waals surface area contributed by atoms with Crippen molar-refractivity contribution in [2.24, 2.45) is 7.05 Å². The Hall–Kier alpha value is -1.62. The molecule has 5 heteroatoms. The number of imidazole rings is 1. The van der Waals surface area contributed by atoms with Gasteiger partial charge in [0.25, 0.3) is 0 Å². The van der Waals surface area contributed by atoms with Gasteiger partial charge < -0.3 is 9.30 Å². The first kappa shape index (κ1) is 11.9. The van der Waals surface area contributed by atoms with E-state index in [0.29, 0.717) is 17.1 Å². The van der Waals surface area contributed by atoms with Crippen LogP contribution in [0.1, 0.15) is 16.2 Å². The van der Waals surface area contributed by atoms with E-state index in [-0.39, 0.29) is 5.78 Å². The van der Waals surface area contributed by atoms with Gasteiger partial charge in [-0.25, -0.2) is 4.98 Å². The monoisotopic (exact) mass is 294 g/mol. The van der Waals surface area contributed by atoms with Crippen molar-refractivity contribution in [3.8, 4) is 5.75 Å². The van der Waals surface area contributed by atoms with Crippen molar-refractivity contribution in [1.82, 2.24) is 9.55 Å². The topological polar surface area (TPSA) is 44.1 Å². The maximum atomic E-state index is 12.1. The third-order valence-electron chi connectivity index (χ3n) is 2.44. The third-order valence-corrected chi connectivity index (χ3v) is 3.06. The van der Waals surface area contributed by atoms with E-state index in [9.17, 15) is 4.79 Å². The number of rotatable bonds is 3. The molecule has 0 saturated heterocycles. The van der Waals surface area contributed by atoms with Crippen LogP contribution in [0.25, 0.3) is 0 Å². The van der Waals surface area contributed by atoms with Gasteiger partial charge in [-0.2, -0.15) is 0 Å². The van der Waals surface area contributed by atoms with Crippen LogP contribution < -0.4 is 4.74 Å². The van der Waals surface area contributed by atoms with E-state index in [0.717, 1.165) is 4.47 Å². The van der Waals surface area contributed by atoms with Crippen molar-refractivity contribution in [3.63, 3.8) is 0 Å². The second-order valence-corrected chi connectivity index (χ2v) is 4.39. The molecule has 0 bridgehead atoms. The molecule has 0 radical (unpaired) electrons. The van der Waals surface area contributed by atoms with Crippen LogP contribution in [0.2, 0.25) is 0 Å². The SMILES string of the molecule is COc1ccc(C(=O)c2nccn2C)cc1Br. The summed E-state index contributed by atoms with van der Waals surface area (Å²) in [4.78, 5) is 16.2. The molecule has 0 unspecified atom stereocenters. The molecule has 1 heterocycles. The van der Waals surface area contributed by atoms with E-state index in [2.05, 4.69) is 20.9 Å². The minimum absolute atomic E-state index is 0.110. The number of ether oxygens (including phenoxy) is 1. The second kappa shape index (κ2) is 4.71. The highest BCUT2D eigenvalue weighted by molar-refractivity contribution is 9.10. The minimum Gasteiger partial charge on any atom is -0.496 e. The highest BCUT2D eigenvalue weighted by Gasteiger charge is 2.14. The van der Waals surface area contributed by atoms with Crippen molar-refractivity contribution in [2.75, 3.05) is 7.11 Å². The molecule has 1 aromatic carbocycles. The number of hydrogen-bond donors (Lipinski definition) is 0. The van der Waals surface area contributed by atoms with Crippen molar-refractivity contribution in [2.45, 2.75) is 0 Å². The molecule has 0 spiro atoms. The van der Waals surface area contributed by atoms with Crippen molar-refractivity contribution < 1.29 is 9.53 Å². The van der Waals surface area contributed by atoms with E-state index in [1.54, 1.807) is 49.3 Å². The van der Waals surface area contributed by atoms with Crippen LogP contribution >= 0.6 is 15.9 Å². The Morgan fingerprint density at radius 3 is 2.76 bits per heavy atom. The van der Waals surface area contributed by atoms with Crippen molar-refractivity contribution in [3.05, 3.63) is 46.5 Å². The lowest BCUT2D eigenvalue weighted by Crippen LogP contribution is -2.08. The number of carbonyl (C=O) groups is 1. The van der Waals surface area contributed by atoms with Crippen molar-refractivity contribution in [1.29, 1.82) is 0 Å². The van der Waals surface area contributed by atoms with Gasteiger partial charge >= 0.3 is 0 Å². The first-order valence-corrected chi connectivity index (χ1v) is 5.78. The van der Waals surface area contributed by atoms with Gasteiger partial charge in [0.2, 0.25) is 5.78 Å². The number of methoxy groups -OCH3 is 1. The molecule has 0 aliphatic carbocycles. The van der Waals surface area contributed by atoms with Gasteiger partial charge in [-0.3, -0.25) is 4.79 Å². The van der Waals surface area contributed by atoms with Crippen LogP contribution in [0.5, 0.6) is 5.75 Å². The zero-order valence-corrected chi connectivity index (χ0v) is 11.1. The Morgan fingerprint density at radius 1 is 1.47 bits per heavy atom. The lowest BCUT2D eigenvalue weighted by atomic mass is 10.1. The number of benzene rings is 1. The summed E-state index contributed by atoms with van der Waals surface area (Å²) in [6.07, 6.45) is 3.34. The fourth-order valence-electron chi connectivity index (χ4n) is 1.52. The quantitative estimate of drug-likeness (QED) is 0.817. The summed E-state index contributed by atoms with van der Waals surface area (Å²) in [5.74, 6) is 1.00. The highest BCUT2D eigenvalue weighted by Crippen LogP contribution is 2.26. The largest absolute Gasteiger partial charge is 0.496 e. The van der Waals surface area contributed by atoms with Crippen LogP contribution in [0.15, 0.2) is 35.1 Å². The second-order valence-electron chi connectivity index (χ2n) is 3.54. The molecule has 4 nitrogen and oxygen atoms in total. The molecule has 0 aliphatic rings. The van der Waals surface area contributed by atoms with Gasteiger partial charge in [0.15, 0.2) is 5.82 Å². The van der Waals surface area contributed by atoms with Crippen LogP contribution in [0.3, 0.4) is 0 Å². The smallest absolute Gasteiger partial charge is 0.228 e. The van der Waals surface area contributed by atoms with E-state index in [1.165, 1.54) is 0 Å². The molecular formula is C12H11BrN2O2. The molecule has 0 aliphatic heterocycles. The Balaban J connectivity index is 2.39. The highest BCUT2D eigenvalue weighted by atomic mass is 79.9. The number of ketones is 1. The summed E-state index contributed by atoms with van der Waals surface area (Å²) in [5, 5.41) is 0. The molecule has 17 heavy (non-hydrogen) atoms. The van der Waals surface area contributed by atoms with E-state index in [4.69, 9.17) is 4.74 Å². The number of carbonyl (C=O) groups excluding carboxylic acids is 1. The standard InChI is InChI=1S/C12H11BrN2O2/c1-15-6-5-14-12(15)11(16)8-3-4-10(17-2)9(13)7-8/h3-7H,1-2H3. The fraction of sp³-hybridized carbons (Fsp3) is 0.167. The predicted octanol–water partition coefficient (Wildman–Crippen LogP) is 2.42. The van der Waals surface area contributed by atoms with Gasteiger partial charge in [-0.15, -0.1) is 0 Å². The average Bonchev–Trinajstić information content (AvgIpc) is 2.74. The van der Waals surface area contributed by atoms with Crippen LogP contribution in [0, 0.1) is 0 Å². The van der Waals surface area contributed by atoms with E-state index in [1.807, 2.05) is 0 Å². The van der Waals surface area contributed by atoms with Gasteiger partial charge in [-0.1, -0.05) is 0 Å².